The van der Waals surface area contributed by atoms with Gasteiger partial charge >= 0.3 is 5.97 Å². The molecule has 0 saturated heterocycles. The molecule has 0 amide bonds. The van der Waals surface area contributed by atoms with Crippen LogP contribution in [0.4, 0.5) is 0 Å². The maximum absolute atomic E-state index is 12.7. The average molecular weight is 348 g/mol. The molecule has 0 fully saturated rings. The molecule has 2 rings (SSSR count). The van der Waals surface area contributed by atoms with Gasteiger partial charge < -0.3 is 20.1 Å². The van der Waals surface area contributed by atoms with E-state index in [2.05, 4.69) is 6.08 Å². The molecule has 0 bridgehead atoms. The SMILES string of the molecule is CC(C)[C@@H]1C/C=C/CCCC[C@@H](O)Cc2cc(O)cc(O)c2C(=O)O1. The number of phenolic OH excluding ortho intramolecular Hbond substituents is 2. The molecule has 1 aromatic rings. The van der Waals surface area contributed by atoms with Crippen molar-refractivity contribution in [2.75, 3.05) is 0 Å². The van der Waals surface area contributed by atoms with Crippen molar-refractivity contribution >= 4 is 5.97 Å². The highest BCUT2D eigenvalue weighted by Crippen LogP contribution is 2.30. The molecule has 1 aliphatic rings. The van der Waals surface area contributed by atoms with Crippen LogP contribution in [0.2, 0.25) is 0 Å². The van der Waals surface area contributed by atoms with Gasteiger partial charge in [0, 0.05) is 12.5 Å². The number of cyclic esters (lactones) is 1. The quantitative estimate of drug-likeness (QED) is 0.532. The molecule has 1 aromatic carbocycles. The van der Waals surface area contributed by atoms with Gasteiger partial charge in [-0.15, -0.1) is 0 Å². The van der Waals surface area contributed by atoms with Crippen molar-refractivity contribution in [3.05, 3.63) is 35.4 Å². The van der Waals surface area contributed by atoms with E-state index in [-0.39, 0.29) is 35.5 Å². The molecule has 5 heteroatoms. The smallest absolute Gasteiger partial charge is 0.342 e. The Bertz CT molecular complexity index is 621. The fourth-order valence-electron chi connectivity index (χ4n) is 3.06. The van der Waals surface area contributed by atoms with Gasteiger partial charge in [0.25, 0.3) is 0 Å². The summed E-state index contributed by atoms with van der Waals surface area (Å²) < 4.78 is 5.63. The van der Waals surface area contributed by atoms with Crippen LogP contribution in [-0.4, -0.2) is 33.5 Å². The van der Waals surface area contributed by atoms with Gasteiger partial charge in [-0.25, -0.2) is 4.79 Å². The summed E-state index contributed by atoms with van der Waals surface area (Å²) in [5, 5.41) is 30.2. The average Bonchev–Trinajstić information content (AvgIpc) is 2.51. The summed E-state index contributed by atoms with van der Waals surface area (Å²) in [5.74, 6) is -0.947. The first kappa shape index (κ1) is 19.3. The van der Waals surface area contributed by atoms with Gasteiger partial charge in [0.15, 0.2) is 0 Å². The zero-order chi connectivity index (χ0) is 18.4. The Morgan fingerprint density at radius 1 is 1.16 bits per heavy atom. The molecule has 0 spiro atoms. The molecular weight excluding hydrogens is 320 g/mol. The Morgan fingerprint density at radius 3 is 2.64 bits per heavy atom. The minimum Gasteiger partial charge on any atom is -0.508 e. The number of benzene rings is 1. The topological polar surface area (TPSA) is 87.0 Å². The monoisotopic (exact) mass is 348 g/mol. The zero-order valence-electron chi connectivity index (χ0n) is 14.9. The number of carbonyl (C=O) groups is 1. The van der Waals surface area contributed by atoms with Crippen molar-refractivity contribution in [2.24, 2.45) is 5.92 Å². The molecule has 5 nitrogen and oxygen atoms in total. The summed E-state index contributed by atoms with van der Waals surface area (Å²) in [6, 6.07) is 2.54. The molecule has 1 aliphatic heterocycles. The Labute approximate surface area is 149 Å². The second-order valence-electron chi connectivity index (χ2n) is 7.04. The maximum atomic E-state index is 12.7. The van der Waals surface area contributed by atoms with Crippen LogP contribution in [0.3, 0.4) is 0 Å². The fourth-order valence-corrected chi connectivity index (χ4v) is 3.06. The van der Waals surface area contributed by atoms with E-state index in [0.29, 0.717) is 18.4 Å². The highest BCUT2D eigenvalue weighted by Gasteiger charge is 2.25. The van der Waals surface area contributed by atoms with Crippen LogP contribution in [0.15, 0.2) is 24.3 Å². The van der Waals surface area contributed by atoms with Crippen molar-refractivity contribution in [3.8, 4) is 11.5 Å². The van der Waals surface area contributed by atoms with Crippen LogP contribution >= 0.6 is 0 Å². The summed E-state index contributed by atoms with van der Waals surface area (Å²) in [5.41, 5.74) is 0.439. The second kappa shape index (κ2) is 8.90. The zero-order valence-corrected chi connectivity index (χ0v) is 14.9. The lowest BCUT2D eigenvalue weighted by molar-refractivity contribution is 0.0188. The molecule has 0 saturated carbocycles. The lowest BCUT2D eigenvalue weighted by atomic mass is 9.96. The molecular formula is C20H28O5. The highest BCUT2D eigenvalue weighted by molar-refractivity contribution is 5.94. The minimum absolute atomic E-state index is 0.0311. The second-order valence-corrected chi connectivity index (χ2v) is 7.04. The number of aromatic hydroxyl groups is 2. The third-order valence-electron chi connectivity index (χ3n) is 4.54. The summed E-state index contributed by atoms with van der Waals surface area (Å²) in [7, 11) is 0. The first-order valence-corrected chi connectivity index (χ1v) is 8.97. The summed E-state index contributed by atoms with van der Waals surface area (Å²) in [4.78, 5) is 12.7. The van der Waals surface area contributed by atoms with E-state index in [1.807, 2.05) is 19.9 Å². The summed E-state index contributed by atoms with van der Waals surface area (Å²) >= 11 is 0. The van der Waals surface area contributed by atoms with Gasteiger partial charge in [-0.05, 0) is 43.2 Å². The van der Waals surface area contributed by atoms with E-state index in [1.54, 1.807) is 0 Å². The number of esters is 1. The van der Waals surface area contributed by atoms with Crippen LogP contribution in [0.5, 0.6) is 11.5 Å². The molecule has 0 unspecified atom stereocenters. The molecule has 0 aliphatic carbocycles. The standard InChI is InChI=1S/C20H28O5/c1-13(2)18-9-7-5-3-4-6-8-15(21)10-14-11-16(22)12-17(23)19(14)20(24)25-18/h5,7,11-13,15,18,21-23H,3-4,6,8-10H2,1-2H3/b7-5+/t15-,18+/m1/s1. The van der Waals surface area contributed by atoms with Crippen molar-refractivity contribution in [3.63, 3.8) is 0 Å². The summed E-state index contributed by atoms with van der Waals surface area (Å²) in [6.07, 6.45) is 7.40. The largest absolute Gasteiger partial charge is 0.508 e. The Morgan fingerprint density at radius 2 is 1.92 bits per heavy atom. The van der Waals surface area contributed by atoms with E-state index in [1.165, 1.54) is 6.07 Å². The predicted molar refractivity (Wildman–Crippen MR) is 95.7 cm³/mol. The minimum atomic E-state index is -0.638. The molecule has 138 valence electrons. The number of allylic oxidation sites excluding steroid dienone is 1. The lowest BCUT2D eigenvalue weighted by Gasteiger charge is -2.22. The number of phenols is 2. The van der Waals surface area contributed by atoms with Gasteiger partial charge in [0.05, 0.1) is 6.10 Å². The Hall–Kier alpha value is -2.01. The highest BCUT2D eigenvalue weighted by atomic mass is 16.5. The van der Waals surface area contributed by atoms with Crippen LogP contribution < -0.4 is 0 Å². The third-order valence-corrected chi connectivity index (χ3v) is 4.54. The normalized spacial score (nSPS) is 24.2. The number of aliphatic hydroxyl groups is 1. The molecule has 0 aromatic heterocycles. The van der Waals surface area contributed by atoms with Gasteiger partial charge in [-0.1, -0.05) is 32.4 Å². The van der Waals surface area contributed by atoms with Gasteiger partial charge in [-0.3, -0.25) is 0 Å². The van der Waals surface area contributed by atoms with E-state index >= 15 is 0 Å². The fraction of sp³-hybridized carbons (Fsp3) is 0.550. The molecule has 1 heterocycles. The van der Waals surface area contributed by atoms with E-state index < -0.39 is 12.1 Å². The molecule has 3 N–H and O–H groups in total. The first-order chi connectivity index (χ1) is 11.9. The van der Waals surface area contributed by atoms with E-state index in [9.17, 15) is 20.1 Å². The van der Waals surface area contributed by atoms with Crippen molar-refractivity contribution < 1.29 is 24.9 Å². The number of hydrogen-bond donors (Lipinski definition) is 3. The van der Waals surface area contributed by atoms with Crippen LogP contribution in [-0.2, 0) is 11.2 Å². The third kappa shape index (κ3) is 5.49. The molecule has 25 heavy (non-hydrogen) atoms. The number of fused-ring (bicyclic) bond motifs is 1. The van der Waals surface area contributed by atoms with Crippen molar-refractivity contribution in [2.45, 2.75) is 64.6 Å². The van der Waals surface area contributed by atoms with Crippen molar-refractivity contribution in [1.82, 2.24) is 0 Å². The van der Waals surface area contributed by atoms with Crippen LogP contribution in [0.25, 0.3) is 0 Å². The number of ether oxygens (including phenoxy) is 1. The number of rotatable bonds is 1. The number of aliphatic hydroxyl groups excluding tert-OH is 1. The van der Waals surface area contributed by atoms with Gasteiger partial charge in [0.2, 0.25) is 0 Å². The Kier molecular flexibility index (Phi) is 6.88. The van der Waals surface area contributed by atoms with Crippen molar-refractivity contribution in [1.29, 1.82) is 0 Å². The Balaban J connectivity index is 2.37. The predicted octanol–water partition coefficient (Wildman–Crippen LogP) is 3.70. The van der Waals surface area contributed by atoms with Crippen LogP contribution in [0, 0.1) is 5.92 Å². The van der Waals surface area contributed by atoms with Gasteiger partial charge in [0.1, 0.15) is 23.2 Å². The first-order valence-electron chi connectivity index (χ1n) is 8.97. The maximum Gasteiger partial charge on any atom is 0.342 e. The van der Waals surface area contributed by atoms with E-state index in [0.717, 1.165) is 25.3 Å². The molecule has 2 atom stereocenters. The summed E-state index contributed by atoms with van der Waals surface area (Å²) in [6.45, 7) is 3.96. The molecule has 0 radical (unpaired) electrons. The van der Waals surface area contributed by atoms with E-state index in [4.69, 9.17) is 4.74 Å². The van der Waals surface area contributed by atoms with Crippen LogP contribution in [0.1, 0.15) is 61.9 Å². The lowest BCUT2D eigenvalue weighted by Crippen LogP contribution is -2.24. The van der Waals surface area contributed by atoms with Gasteiger partial charge in [-0.2, -0.15) is 0 Å². The number of carbonyl (C=O) groups excluding carboxylic acids is 1. The number of hydrogen-bond acceptors (Lipinski definition) is 5.